The van der Waals surface area contributed by atoms with Gasteiger partial charge in [-0.2, -0.15) is 0 Å². The molecule has 0 atom stereocenters. The molecule has 4 nitrogen and oxygen atoms in total. The van der Waals surface area contributed by atoms with Crippen molar-refractivity contribution in [2.45, 2.75) is 6.92 Å². The summed E-state index contributed by atoms with van der Waals surface area (Å²) in [4.78, 5) is 15.9. The molecule has 92 valence electrons. The molecule has 18 heavy (non-hydrogen) atoms. The van der Waals surface area contributed by atoms with E-state index in [1.165, 1.54) is 6.20 Å². The van der Waals surface area contributed by atoms with Crippen LogP contribution in [0.25, 0.3) is 0 Å². The Morgan fingerprint density at radius 1 is 1.39 bits per heavy atom. The van der Waals surface area contributed by atoms with E-state index in [-0.39, 0.29) is 5.91 Å². The predicted molar refractivity (Wildman–Crippen MR) is 72.8 cm³/mol. The molecule has 0 saturated heterocycles. The minimum Gasteiger partial charge on any atom is -0.396 e. The minimum absolute atomic E-state index is 0.290. The van der Waals surface area contributed by atoms with Crippen LogP contribution >= 0.6 is 11.6 Å². The number of benzene rings is 1. The van der Waals surface area contributed by atoms with Crippen LogP contribution in [0, 0.1) is 6.92 Å². The van der Waals surface area contributed by atoms with E-state index < -0.39 is 0 Å². The first-order chi connectivity index (χ1) is 8.59. The summed E-state index contributed by atoms with van der Waals surface area (Å²) < 4.78 is 0. The SMILES string of the molecule is Cc1cccc(C(=O)Nc2ccncc2N)c1Cl. The Kier molecular flexibility index (Phi) is 3.48. The Bertz CT molecular complexity index is 599. The highest BCUT2D eigenvalue weighted by Crippen LogP contribution is 2.22. The van der Waals surface area contributed by atoms with E-state index in [1.54, 1.807) is 24.4 Å². The minimum atomic E-state index is -0.290. The molecule has 0 spiro atoms. The number of aryl methyl sites for hydroxylation is 1. The fourth-order valence-electron chi connectivity index (χ4n) is 1.53. The summed E-state index contributed by atoms with van der Waals surface area (Å²) in [5.74, 6) is -0.290. The van der Waals surface area contributed by atoms with Crippen LogP contribution in [-0.4, -0.2) is 10.9 Å². The summed E-state index contributed by atoms with van der Waals surface area (Å²) in [6, 6.07) is 6.94. The molecule has 2 aromatic rings. The largest absolute Gasteiger partial charge is 0.396 e. The molecule has 0 fully saturated rings. The van der Waals surface area contributed by atoms with Crippen molar-refractivity contribution in [1.29, 1.82) is 0 Å². The van der Waals surface area contributed by atoms with Gasteiger partial charge in [-0.3, -0.25) is 9.78 Å². The second-order valence-corrected chi connectivity index (χ2v) is 4.23. The van der Waals surface area contributed by atoms with Crippen molar-refractivity contribution in [3.63, 3.8) is 0 Å². The monoisotopic (exact) mass is 261 g/mol. The van der Waals surface area contributed by atoms with Crippen LogP contribution in [0.15, 0.2) is 36.7 Å². The molecular formula is C13H12ClN3O. The maximum atomic E-state index is 12.1. The van der Waals surface area contributed by atoms with E-state index in [2.05, 4.69) is 10.3 Å². The van der Waals surface area contributed by atoms with Crippen LogP contribution in [0.5, 0.6) is 0 Å². The third-order valence-electron chi connectivity index (χ3n) is 2.54. The summed E-state index contributed by atoms with van der Waals surface area (Å²) in [6.07, 6.45) is 3.04. The molecule has 1 aromatic carbocycles. The first kappa shape index (κ1) is 12.4. The van der Waals surface area contributed by atoms with E-state index >= 15 is 0 Å². The molecule has 0 unspecified atom stereocenters. The van der Waals surface area contributed by atoms with Crippen molar-refractivity contribution in [1.82, 2.24) is 4.98 Å². The molecule has 1 amide bonds. The number of amides is 1. The van der Waals surface area contributed by atoms with Crippen LogP contribution in [0.3, 0.4) is 0 Å². The van der Waals surface area contributed by atoms with Gasteiger partial charge in [-0.1, -0.05) is 23.7 Å². The quantitative estimate of drug-likeness (QED) is 0.873. The molecule has 0 aliphatic rings. The molecule has 1 aromatic heterocycles. The number of nitrogens with two attached hydrogens (primary N) is 1. The summed E-state index contributed by atoms with van der Waals surface area (Å²) in [6.45, 7) is 1.85. The van der Waals surface area contributed by atoms with Gasteiger partial charge >= 0.3 is 0 Å². The van der Waals surface area contributed by atoms with Gasteiger partial charge < -0.3 is 11.1 Å². The maximum Gasteiger partial charge on any atom is 0.257 e. The number of carbonyl (C=O) groups is 1. The number of hydrogen-bond donors (Lipinski definition) is 2. The van der Waals surface area contributed by atoms with Crippen LogP contribution in [0.1, 0.15) is 15.9 Å². The zero-order valence-corrected chi connectivity index (χ0v) is 10.5. The molecule has 0 bridgehead atoms. The number of pyridine rings is 1. The number of rotatable bonds is 2. The van der Waals surface area contributed by atoms with Crippen LogP contribution < -0.4 is 11.1 Å². The van der Waals surface area contributed by atoms with Gasteiger partial charge in [-0.15, -0.1) is 0 Å². The van der Waals surface area contributed by atoms with Crippen molar-refractivity contribution < 1.29 is 4.79 Å². The lowest BCUT2D eigenvalue weighted by atomic mass is 10.1. The summed E-state index contributed by atoms with van der Waals surface area (Å²) in [5.41, 5.74) is 7.91. The number of carbonyl (C=O) groups excluding carboxylic acids is 1. The Labute approximate surface area is 110 Å². The average Bonchev–Trinajstić information content (AvgIpc) is 2.35. The Morgan fingerprint density at radius 3 is 2.89 bits per heavy atom. The van der Waals surface area contributed by atoms with Crippen molar-refractivity contribution in [2.75, 3.05) is 11.1 Å². The molecule has 5 heteroatoms. The third kappa shape index (κ3) is 2.43. The topological polar surface area (TPSA) is 68.0 Å². The van der Waals surface area contributed by atoms with Gasteiger partial charge in [0, 0.05) is 6.20 Å². The summed E-state index contributed by atoms with van der Waals surface area (Å²) in [7, 11) is 0. The molecule has 0 aliphatic heterocycles. The lowest BCUT2D eigenvalue weighted by molar-refractivity contribution is 0.102. The maximum absolute atomic E-state index is 12.1. The molecule has 1 heterocycles. The van der Waals surface area contributed by atoms with Gasteiger partial charge in [0.05, 0.1) is 28.2 Å². The summed E-state index contributed by atoms with van der Waals surface area (Å²) >= 11 is 6.09. The number of nitrogens with one attached hydrogen (secondary N) is 1. The van der Waals surface area contributed by atoms with E-state index in [1.807, 2.05) is 13.0 Å². The van der Waals surface area contributed by atoms with E-state index in [0.717, 1.165) is 5.56 Å². The van der Waals surface area contributed by atoms with Gasteiger partial charge in [-0.05, 0) is 24.6 Å². The highest BCUT2D eigenvalue weighted by molar-refractivity contribution is 6.35. The highest BCUT2D eigenvalue weighted by atomic mass is 35.5. The zero-order valence-electron chi connectivity index (χ0n) is 9.77. The van der Waals surface area contributed by atoms with Crippen molar-refractivity contribution >= 4 is 28.9 Å². The predicted octanol–water partition coefficient (Wildman–Crippen LogP) is 2.88. The average molecular weight is 262 g/mol. The van der Waals surface area contributed by atoms with E-state index in [9.17, 15) is 4.79 Å². The van der Waals surface area contributed by atoms with Crippen molar-refractivity contribution in [3.8, 4) is 0 Å². The number of nitrogens with zero attached hydrogens (tertiary/aromatic N) is 1. The van der Waals surface area contributed by atoms with Crippen LogP contribution in [-0.2, 0) is 0 Å². The molecule has 2 rings (SSSR count). The number of halogens is 1. The smallest absolute Gasteiger partial charge is 0.257 e. The standard InChI is InChI=1S/C13H12ClN3O/c1-8-3-2-4-9(12(8)14)13(18)17-11-5-6-16-7-10(11)15/h2-7H,15H2,1H3,(H,16,17,18). The van der Waals surface area contributed by atoms with Gasteiger partial charge in [-0.25, -0.2) is 0 Å². The Hall–Kier alpha value is -2.07. The second kappa shape index (κ2) is 5.06. The lowest BCUT2D eigenvalue weighted by Gasteiger charge is -2.09. The van der Waals surface area contributed by atoms with Gasteiger partial charge in [0.15, 0.2) is 0 Å². The van der Waals surface area contributed by atoms with Crippen molar-refractivity contribution in [2.24, 2.45) is 0 Å². The second-order valence-electron chi connectivity index (χ2n) is 3.85. The van der Waals surface area contributed by atoms with Crippen LogP contribution in [0.2, 0.25) is 5.02 Å². The van der Waals surface area contributed by atoms with Gasteiger partial charge in [0.1, 0.15) is 0 Å². The van der Waals surface area contributed by atoms with Crippen LogP contribution in [0.4, 0.5) is 11.4 Å². The Balaban J connectivity index is 2.28. The lowest BCUT2D eigenvalue weighted by Crippen LogP contribution is -2.14. The Morgan fingerprint density at radius 2 is 2.17 bits per heavy atom. The number of aromatic nitrogens is 1. The molecule has 0 aliphatic carbocycles. The first-order valence-electron chi connectivity index (χ1n) is 5.35. The number of hydrogen-bond acceptors (Lipinski definition) is 3. The van der Waals surface area contributed by atoms with Gasteiger partial charge in [0.2, 0.25) is 0 Å². The molecule has 0 saturated carbocycles. The highest BCUT2D eigenvalue weighted by Gasteiger charge is 2.12. The number of anilines is 2. The normalized spacial score (nSPS) is 10.1. The fraction of sp³-hybridized carbons (Fsp3) is 0.0769. The fourth-order valence-corrected chi connectivity index (χ4v) is 1.74. The zero-order chi connectivity index (χ0) is 13.1. The molecule has 0 radical (unpaired) electrons. The van der Waals surface area contributed by atoms with E-state index in [0.29, 0.717) is 22.0 Å². The first-order valence-corrected chi connectivity index (χ1v) is 5.73. The van der Waals surface area contributed by atoms with Crippen molar-refractivity contribution in [3.05, 3.63) is 52.8 Å². The van der Waals surface area contributed by atoms with Gasteiger partial charge in [0.25, 0.3) is 5.91 Å². The van der Waals surface area contributed by atoms with E-state index in [4.69, 9.17) is 17.3 Å². The number of nitrogen functional groups attached to an aromatic ring is 1. The third-order valence-corrected chi connectivity index (χ3v) is 3.04. The molecular weight excluding hydrogens is 250 g/mol. The summed E-state index contributed by atoms with van der Waals surface area (Å²) in [5, 5.41) is 3.15. The molecule has 3 N–H and O–H groups in total.